The lowest BCUT2D eigenvalue weighted by molar-refractivity contribution is 0.162. The Balaban J connectivity index is 5.58. The third-order valence-corrected chi connectivity index (χ3v) is 2.90. The second-order valence-corrected chi connectivity index (χ2v) is 5.08. The summed E-state index contributed by atoms with van der Waals surface area (Å²) in [7, 11) is 5.53. The molecule has 4 heteroatoms. The Morgan fingerprint density at radius 3 is 2.11 bits per heavy atom. The lowest BCUT2D eigenvalue weighted by Gasteiger charge is -2.34. The van der Waals surface area contributed by atoms with Gasteiger partial charge in [0.05, 0.1) is 5.71 Å². The minimum absolute atomic E-state index is 0.185. The maximum absolute atomic E-state index is 11.0. The maximum Gasteiger partial charge on any atom is 0.159 e. The van der Waals surface area contributed by atoms with E-state index in [2.05, 4.69) is 16.9 Å². The van der Waals surface area contributed by atoms with E-state index in [1.807, 2.05) is 39.8 Å². The molecule has 0 bridgehead atoms. The molecule has 0 spiro atoms. The van der Waals surface area contributed by atoms with Gasteiger partial charge in [0.25, 0.3) is 0 Å². The summed E-state index contributed by atoms with van der Waals surface area (Å²) < 4.78 is 0. The Labute approximate surface area is 112 Å². The van der Waals surface area contributed by atoms with Gasteiger partial charge in [-0.1, -0.05) is 20.3 Å². The molecule has 0 heterocycles. The van der Waals surface area contributed by atoms with Gasteiger partial charge in [0.1, 0.15) is 5.84 Å². The highest BCUT2D eigenvalue weighted by atomic mass is 16.3. The van der Waals surface area contributed by atoms with Crippen LogP contribution in [0.2, 0.25) is 0 Å². The maximum atomic E-state index is 11.0. The quantitative estimate of drug-likeness (QED) is 0.585. The first-order valence-electron chi connectivity index (χ1n) is 6.77. The molecule has 0 rings (SSSR count). The third-order valence-electron chi connectivity index (χ3n) is 2.90. The lowest BCUT2D eigenvalue weighted by atomic mass is 9.89. The van der Waals surface area contributed by atoms with Gasteiger partial charge < -0.3 is 10.0 Å². The Hall–Kier alpha value is -0.900. The smallest absolute Gasteiger partial charge is 0.159 e. The second kappa shape index (κ2) is 7.52. The summed E-state index contributed by atoms with van der Waals surface area (Å²) in [4.78, 5) is 10.7. The van der Waals surface area contributed by atoms with Crippen LogP contribution in [-0.4, -0.2) is 54.3 Å². The van der Waals surface area contributed by atoms with Crippen molar-refractivity contribution in [1.29, 1.82) is 0 Å². The van der Waals surface area contributed by atoms with Crippen LogP contribution in [0.25, 0.3) is 0 Å². The minimum Gasteiger partial charge on any atom is -0.376 e. The van der Waals surface area contributed by atoms with Crippen molar-refractivity contribution in [2.45, 2.75) is 58.6 Å². The summed E-state index contributed by atoms with van der Waals surface area (Å²) in [5, 5.41) is 11.0. The van der Waals surface area contributed by atoms with Gasteiger partial charge in [-0.05, 0) is 26.7 Å². The molecular formula is C14H29N3O. The van der Waals surface area contributed by atoms with Gasteiger partial charge in [-0.3, -0.25) is 9.98 Å². The highest BCUT2D eigenvalue weighted by Crippen LogP contribution is 2.21. The molecule has 1 N–H and O–H groups in total. The summed E-state index contributed by atoms with van der Waals surface area (Å²) >= 11 is 0. The zero-order chi connectivity index (χ0) is 14.3. The van der Waals surface area contributed by atoms with Crippen molar-refractivity contribution in [2.75, 3.05) is 21.1 Å². The third kappa shape index (κ3) is 4.09. The van der Waals surface area contributed by atoms with E-state index in [0.29, 0.717) is 12.3 Å². The van der Waals surface area contributed by atoms with Gasteiger partial charge in [0, 0.05) is 27.2 Å². The van der Waals surface area contributed by atoms with E-state index in [0.717, 1.165) is 18.6 Å². The van der Waals surface area contributed by atoms with Crippen LogP contribution < -0.4 is 0 Å². The molecule has 0 aliphatic rings. The zero-order valence-corrected chi connectivity index (χ0v) is 13.0. The van der Waals surface area contributed by atoms with Crippen molar-refractivity contribution < 1.29 is 5.11 Å². The van der Waals surface area contributed by atoms with E-state index < -0.39 is 5.60 Å². The molecule has 1 atom stereocenters. The molecule has 0 saturated heterocycles. The number of nitrogens with zero attached hydrogens (tertiary/aromatic N) is 3. The van der Waals surface area contributed by atoms with Crippen molar-refractivity contribution in [3.8, 4) is 0 Å². The van der Waals surface area contributed by atoms with Crippen LogP contribution in [-0.2, 0) is 0 Å². The molecule has 0 aromatic carbocycles. The number of hydrogen-bond donors (Lipinski definition) is 1. The standard InChI is InChI=1S/C14H29N3O/c1-8-10-12(16-11(3)4)14(18,9-2)13(15-5)17(6)7/h11,18H,8-10H2,1-7H3. The molecule has 0 aromatic rings. The number of rotatable bonds is 6. The van der Waals surface area contributed by atoms with E-state index >= 15 is 0 Å². The fraction of sp³-hybridized carbons (Fsp3) is 0.857. The number of amidine groups is 1. The minimum atomic E-state index is -1.04. The fourth-order valence-electron chi connectivity index (χ4n) is 2.17. The molecule has 18 heavy (non-hydrogen) atoms. The van der Waals surface area contributed by atoms with Crippen LogP contribution in [0.5, 0.6) is 0 Å². The van der Waals surface area contributed by atoms with Gasteiger partial charge in [-0.25, -0.2) is 0 Å². The van der Waals surface area contributed by atoms with Gasteiger partial charge in [-0.15, -0.1) is 0 Å². The highest BCUT2D eigenvalue weighted by Gasteiger charge is 2.37. The van der Waals surface area contributed by atoms with Crippen molar-refractivity contribution in [2.24, 2.45) is 9.98 Å². The Kier molecular flexibility index (Phi) is 7.14. The monoisotopic (exact) mass is 255 g/mol. The van der Waals surface area contributed by atoms with E-state index in [4.69, 9.17) is 0 Å². The first-order chi connectivity index (χ1) is 8.33. The second-order valence-electron chi connectivity index (χ2n) is 5.08. The Bertz CT molecular complexity index is 308. The summed E-state index contributed by atoms with van der Waals surface area (Å²) in [6.07, 6.45) is 2.36. The number of aliphatic imine (C=N–C) groups is 2. The Morgan fingerprint density at radius 2 is 1.83 bits per heavy atom. The van der Waals surface area contributed by atoms with Gasteiger partial charge >= 0.3 is 0 Å². The average Bonchev–Trinajstić information content (AvgIpc) is 2.28. The molecule has 0 aromatic heterocycles. The molecule has 0 fully saturated rings. The first-order valence-corrected chi connectivity index (χ1v) is 6.77. The number of likely N-dealkylation sites (N-methyl/N-ethyl adjacent to an activating group) is 1. The van der Waals surface area contributed by atoms with E-state index in [-0.39, 0.29) is 6.04 Å². The molecule has 0 amide bonds. The van der Waals surface area contributed by atoms with Gasteiger partial charge in [0.2, 0.25) is 0 Å². The summed E-state index contributed by atoms with van der Waals surface area (Å²) in [6.45, 7) is 8.14. The zero-order valence-electron chi connectivity index (χ0n) is 13.0. The largest absolute Gasteiger partial charge is 0.376 e. The SMILES string of the molecule is CCCC(=NC(C)C)C(O)(CC)C(=NC)N(C)C. The van der Waals surface area contributed by atoms with E-state index in [9.17, 15) is 5.11 Å². The molecular weight excluding hydrogens is 226 g/mol. The molecule has 4 nitrogen and oxygen atoms in total. The van der Waals surface area contributed by atoms with Crippen molar-refractivity contribution in [1.82, 2.24) is 4.90 Å². The van der Waals surface area contributed by atoms with Gasteiger partial charge in [-0.2, -0.15) is 0 Å². The predicted molar refractivity (Wildman–Crippen MR) is 79.8 cm³/mol. The summed E-state index contributed by atoms with van der Waals surface area (Å²) in [5.74, 6) is 0.679. The average molecular weight is 255 g/mol. The summed E-state index contributed by atoms with van der Waals surface area (Å²) in [6, 6.07) is 0.185. The van der Waals surface area contributed by atoms with Gasteiger partial charge in [0.15, 0.2) is 5.60 Å². The topological polar surface area (TPSA) is 48.2 Å². The van der Waals surface area contributed by atoms with E-state index in [1.54, 1.807) is 7.05 Å². The van der Waals surface area contributed by atoms with Crippen LogP contribution in [0, 0.1) is 0 Å². The number of aliphatic hydroxyl groups is 1. The molecule has 0 saturated carbocycles. The molecule has 0 aliphatic heterocycles. The molecule has 0 radical (unpaired) electrons. The van der Waals surface area contributed by atoms with Crippen LogP contribution in [0.15, 0.2) is 9.98 Å². The predicted octanol–water partition coefficient (Wildman–Crippen LogP) is 2.37. The van der Waals surface area contributed by atoms with Crippen LogP contribution in [0.4, 0.5) is 0 Å². The van der Waals surface area contributed by atoms with Crippen molar-refractivity contribution in [3.05, 3.63) is 0 Å². The van der Waals surface area contributed by atoms with Crippen LogP contribution in [0.1, 0.15) is 47.0 Å². The molecule has 1 unspecified atom stereocenters. The number of hydrogen-bond acceptors (Lipinski definition) is 3. The Morgan fingerprint density at radius 1 is 1.28 bits per heavy atom. The van der Waals surface area contributed by atoms with Crippen molar-refractivity contribution in [3.63, 3.8) is 0 Å². The van der Waals surface area contributed by atoms with Crippen LogP contribution >= 0.6 is 0 Å². The molecule has 0 aliphatic carbocycles. The fourth-order valence-corrected chi connectivity index (χ4v) is 2.17. The van der Waals surface area contributed by atoms with E-state index in [1.165, 1.54) is 0 Å². The van der Waals surface area contributed by atoms with Crippen molar-refractivity contribution >= 4 is 11.5 Å². The normalized spacial score (nSPS) is 16.9. The summed E-state index contributed by atoms with van der Waals surface area (Å²) in [5.41, 5.74) is -0.199. The molecule has 106 valence electrons. The lowest BCUT2D eigenvalue weighted by Crippen LogP contribution is -2.52. The highest BCUT2D eigenvalue weighted by molar-refractivity contribution is 6.13. The first kappa shape index (κ1) is 17.1. The van der Waals surface area contributed by atoms with Crippen LogP contribution in [0.3, 0.4) is 0 Å².